The maximum atomic E-state index is 13.2. The van der Waals surface area contributed by atoms with Crippen LogP contribution in [0.2, 0.25) is 0 Å². The molecule has 4 rings (SSSR count). The van der Waals surface area contributed by atoms with E-state index in [1.165, 1.54) is 11.0 Å². The molecule has 0 bridgehead atoms. The zero-order valence-electron chi connectivity index (χ0n) is 14.5. The lowest BCUT2D eigenvalue weighted by atomic mass is 9.95. The Balaban J connectivity index is 1.52. The van der Waals surface area contributed by atoms with Crippen molar-refractivity contribution in [2.24, 2.45) is 7.05 Å². The molecular formula is C17H20N8O. The number of carbonyl (C=O) groups excluding carboxylic acids is 1. The molecule has 26 heavy (non-hydrogen) atoms. The van der Waals surface area contributed by atoms with Crippen LogP contribution in [-0.2, 0) is 11.8 Å². The predicted octanol–water partition coefficient (Wildman–Crippen LogP) is 0.797. The summed E-state index contributed by atoms with van der Waals surface area (Å²) in [6.45, 7) is 1.36. The number of piperidine rings is 1. The number of carbonyl (C=O) groups is 1. The first-order chi connectivity index (χ1) is 12.7. The molecule has 1 aliphatic heterocycles. The Hall–Kier alpha value is -3.10. The highest BCUT2D eigenvalue weighted by molar-refractivity contribution is 5.83. The van der Waals surface area contributed by atoms with E-state index >= 15 is 0 Å². The third-order valence-electron chi connectivity index (χ3n) is 4.90. The van der Waals surface area contributed by atoms with E-state index in [1.54, 1.807) is 6.33 Å². The van der Waals surface area contributed by atoms with Gasteiger partial charge in [0.15, 0.2) is 6.04 Å². The Labute approximate surface area is 150 Å². The fourth-order valence-electron chi connectivity index (χ4n) is 3.52. The second kappa shape index (κ2) is 7.03. The van der Waals surface area contributed by atoms with Crippen LogP contribution in [0.4, 0.5) is 0 Å². The van der Waals surface area contributed by atoms with Crippen molar-refractivity contribution in [2.75, 3.05) is 13.1 Å². The summed E-state index contributed by atoms with van der Waals surface area (Å²) in [6, 6.07) is 9.07. The first kappa shape index (κ1) is 16.4. The minimum Gasteiger partial charge on any atom is -0.340 e. The van der Waals surface area contributed by atoms with Gasteiger partial charge in [0.25, 0.3) is 5.91 Å². The molecule has 0 saturated carbocycles. The molecule has 0 radical (unpaired) electrons. The van der Waals surface area contributed by atoms with Crippen LogP contribution in [0.3, 0.4) is 0 Å². The molecule has 1 aromatic carbocycles. The number of aryl methyl sites for hydroxylation is 1. The standard InChI is InChI=1S/C17H20N8O/c1-23-11-18-20-16(23)14-7-9-24(10-8-14)17(26)15(25-12-19-21-22-25)13-5-3-2-4-6-13/h2-6,11-12,14-15H,7-10H2,1H3. The summed E-state index contributed by atoms with van der Waals surface area (Å²) in [5.74, 6) is 1.33. The van der Waals surface area contributed by atoms with Gasteiger partial charge in [-0.15, -0.1) is 15.3 Å². The van der Waals surface area contributed by atoms with Gasteiger partial charge in [0, 0.05) is 26.1 Å². The molecule has 1 fully saturated rings. The molecule has 2 aromatic heterocycles. The van der Waals surface area contributed by atoms with Gasteiger partial charge in [-0.1, -0.05) is 30.3 Å². The van der Waals surface area contributed by atoms with E-state index in [2.05, 4.69) is 25.7 Å². The van der Waals surface area contributed by atoms with Gasteiger partial charge in [-0.3, -0.25) is 4.79 Å². The molecule has 3 heterocycles. The smallest absolute Gasteiger partial charge is 0.252 e. The minimum atomic E-state index is -0.544. The monoisotopic (exact) mass is 352 g/mol. The number of likely N-dealkylation sites (tertiary alicyclic amines) is 1. The maximum Gasteiger partial charge on any atom is 0.252 e. The summed E-state index contributed by atoms with van der Waals surface area (Å²) in [7, 11) is 1.95. The van der Waals surface area contributed by atoms with Crippen molar-refractivity contribution in [1.29, 1.82) is 0 Å². The highest BCUT2D eigenvalue weighted by Crippen LogP contribution is 2.28. The lowest BCUT2D eigenvalue weighted by molar-refractivity contribution is -0.135. The first-order valence-electron chi connectivity index (χ1n) is 8.64. The molecule has 1 atom stereocenters. The van der Waals surface area contributed by atoms with Crippen LogP contribution < -0.4 is 0 Å². The minimum absolute atomic E-state index is 0.0138. The summed E-state index contributed by atoms with van der Waals surface area (Å²) in [4.78, 5) is 15.1. The highest BCUT2D eigenvalue weighted by Gasteiger charge is 2.32. The second-order valence-corrected chi connectivity index (χ2v) is 6.50. The maximum absolute atomic E-state index is 13.2. The van der Waals surface area contributed by atoms with Crippen molar-refractivity contribution in [3.05, 3.63) is 54.4 Å². The molecule has 9 nitrogen and oxygen atoms in total. The Morgan fingerprint density at radius 2 is 1.88 bits per heavy atom. The fraction of sp³-hybridized carbons (Fsp3) is 0.412. The molecular weight excluding hydrogens is 332 g/mol. The lowest BCUT2D eigenvalue weighted by Crippen LogP contribution is -2.42. The molecule has 0 spiro atoms. The van der Waals surface area contributed by atoms with Gasteiger partial charge >= 0.3 is 0 Å². The topological polar surface area (TPSA) is 94.6 Å². The van der Waals surface area contributed by atoms with Crippen molar-refractivity contribution in [3.8, 4) is 0 Å². The van der Waals surface area contributed by atoms with Gasteiger partial charge in [0.2, 0.25) is 0 Å². The van der Waals surface area contributed by atoms with Crippen LogP contribution in [0.15, 0.2) is 43.0 Å². The Bertz CT molecular complexity index is 852. The highest BCUT2D eigenvalue weighted by atomic mass is 16.2. The number of rotatable bonds is 4. The number of nitrogens with zero attached hydrogens (tertiary/aromatic N) is 8. The molecule has 1 saturated heterocycles. The summed E-state index contributed by atoms with van der Waals surface area (Å²) in [5, 5.41) is 19.5. The number of tetrazole rings is 1. The summed E-state index contributed by atoms with van der Waals surface area (Å²) in [5.41, 5.74) is 0.875. The summed E-state index contributed by atoms with van der Waals surface area (Å²) in [6.07, 6.45) is 4.95. The Morgan fingerprint density at radius 3 is 2.50 bits per heavy atom. The van der Waals surface area contributed by atoms with Crippen molar-refractivity contribution < 1.29 is 4.79 Å². The molecule has 9 heteroatoms. The van der Waals surface area contributed by atoms with Crippen LogP contribution in [-0.4, -0.2) is 58.9 Å². The average Bonchev–Trinajstić information content (AvgIpc) is 3.35. The van der Waals surface area contributed by atoms with Gasteiger partial charge < -0.3 is 9.47 Å². The van der Waals surface area contributed by atoms with Gasteiger partial charge in [0.1, 0.15) is 18.5 Å². The van der Waals surface area contributed by atoms with Crippen LogP contribution in [0.5, 0.6) is 0 Å². The SMILES string of the molecule is Cn1cnnc1C1CCN(C(=O)C(c2ccccc2)n2cnnn2)CC1. The van der Waals surface area contributed by atoms with E-state index in [0.29, 0.717) is 19.0 Å². The Morgan fingerprint density at radius 1 is 1.12 bits per heavy atom. The van der Waals surface area contributed by atoms with Gasteiger partial charge in [-0.2, -0.15) is 0 Å². The predicted molar refractivity (Wildman–Crippen MR) is 92.0 cm³/mol. The van der Waals surface area contributed by atoms with Crippen molar-refractivity contribution in [1.82, 2.24) is 39.9 Å². The number of amides is 1. The van der Waals surface area contributed by atoms with Gasteiger partial charge in [-0.05, 0) is 28.8 Å². The molecule has 0 aliphatic carbocycles. The second-order valence-electron chi connectivity index (χ2n) is 6.50. The van der Waals surface area contributed by atoms with E-state index in [9.17, 15) is 4.79 Å². The third-order valence-corrected chi connectivity index (χ3v) is 4.90. The van der Waals surface area contributed by atoms with Gasteiger partial charge in [-0.25, -0.2) is 4.68 Å². The summed E-state index contributed by atoms with van der Waals surface area (Å²) >= 11 is 0. The zero-order valence-corrected chi connectivity index (χ0v) is 14.5. The average molecular weight is 352 g/mol. The number of hydrogen-bond donors (Lipinski definition) is 0. The molecule has 3 aromatic rings. The third kappa shape index (κ3) is 3.07. The van der Waals surface area contributed by atoms with Crippen LogP contribution in [0, 0.1) is 0 Å². The van der Waals surface area contributed by atoms with E-state index in [-0.39, 0.29) is 5.91 Å². The van der Waals surface area contributed by atoms with E-state index < -0.39 is 6.04 Å². The lowest BCUT2D eigenvalue weighted by Gasteiger charge is -2.33. The Kier molecular flexibility index (Phi) is 4.42. The van der Waals surface area contributed by atoms with Crippen molar-refractivity contribution in [3.63, 3.8) is 0 Å². The van der Waals surface area contributed by atoms with Crippen molar-refractivity contribution >= 4 is 5.91 Å². The number of aromatic nitrogens is 7. The van der Waals surface area contributed by atoms with Gasteiger partial charge in [0.05, 0.1) is 0 Å². The number of benzene rings is 1. The molecule has 1 unspecified atom stereocenters. The van der Waals surface area contributed by atoms with E-state index in [1.807, 2.05) is 46.8 Å². The first-order valence-corrected chi connectivity index (χ1v) is 8.64. The van der Waals surface area contributed by atoms with Crippen LogP contribution in [0.25, 0.3) is 0 Å². The normalized spacial score (nSPS) is 16.6. The van der Waals surface area contributed by atoms with Crippen LogP contribution in [0.1, 0.15) is 36.2 Å². The summed E-state index contributed by atoms with van der Waals surface area (Å²) < 4.78 is 3.47. The zero-order chi connectivity index (χ0) is 17.9. The molecule has 1 amide bonds. The fourth-order valence-corrected chi connectivity index (χ4v) is 3.52. The largest absolute Gasteiger partial charge is 0.340 e. The van der Waals surface area contributed by atoms with Crippen LogP contribution >= 0.6 is 0 Å². The molecule has 0 N–H and O–H groups in total. The van der Waals surface area contributed by atoms with Crippen molar-refractivity contribution in [2.45, 2.75) is 24.8 Å². The molecule has 1 aliphatic rings. The quantitative estimate of drug-likeness (QED) is 0.689. The number of hydrogen-bond acceptors (Lipinski definition) is 6. The van der Waals surface area contributed by atoms with E-state index in [0.717, 1.165) is 24.2 Å². The molecule has 134 valence electrons. The van der Waals surface area contributed by atoms with E-state index in [4.69, 9.17) is 0 Å².